The zero-order chi connectivity index (χ0) is 13.0. The maximum Gasteiger partial charge on any atom is 0.0277 e. The highest BCUT2D eigenvalue weighted by atomic mass is 32.2. The van der Waals surface area contributed by atoms with Crippen LogP contribution in [-0.4, -0.2) is 0 Å². The van der Waals surface area contributed by atoms with Gasteiger partial charge in [-0.3, -0.25) is 0 Å². The minimum absolute atomic E-state index is 0.0885. The lowest BCUT2D eigenvalue weighted by molar-refractivity contribution is 0.797. The molecule has 0 aliphatic carbocycles. The molecule has 0 saturated carbocycles. The zero-order valence-electron chi connectivity index (χ0n) is 10.9. The highest BCUT2D eigenvalue weighted by Crippen LogP contribution is 2.29. The third-order valence-electron chi connectivity index (χ3n) is 3.05. The summed E-state index contributed by atoms with van der Waals surface area (Å²) in [5.74, 6) is 0.996. The summed E-state index contributed by atoms with van der Waals surface area (Å²) in [6, 6.07) is 17.0. The molecule has 2 N–H and O–H groups in total. The predicted molar refractivity (Wildman–Crippen MR) is 79.8 cm³/mol. The van der Waals surface area contributed by atoms with Gasteiger partial charge in [0.15, 0.2) is 0 Å². The van der Waals surface area contributed by atoms with E-state index in [1.54, 1.807) is 0 Å². The van der Waals surface area contributed by atoms with Crippen LogP contribution in [0.2, 0.25) is 0 Å². The predicted octanol–water partition coefficient (Wildman–Crippen LogP) is 4.31. The lowest BCUT2D eigenvalue weighted by Crippen LogP contribution is -2.06. The Morgan fingerprint density at radius 1 is 1.06 bits per heavy atom. The third kappa shape index (κ3) is 3.15. The molecule has 94 valence electrons. The van der Waals surface area contributed by atoms with Gasteiger partial charge in [0, 0.05) is 16.7 Å². The van der Waals surface area contributed by atoms with E-state index in [2.05, 4.69) is 55.5 Å². The molecule has 0 unspecified atom stereocenters. The van der Waals surface area contributed by atoms with E-state index in [0.29, 0.717) is 0 Å². The first-order chi connectivity index (χ1) is 8.68. The van der Waals surface area contributed by atoms with Gasteiger partial charge in [-0.25, -0.2) is 0 Å². The molecule has 2 rings (SSSR count). The Morgan fingerprint density at radius 2 is 1.72 bits per heavy atom. The van der Waals surface area contributed by atoms with Crippen LogP contribution in [0.3, 0.4) is 0 Å². The quantitative estimate of drug-likeness (QED) is 0.826. The van der Waals surface area contributed by atoms with Gasteiger partial charge in [0.1, 0.15) is 0 Å². The van der Waals surface area contributed by atoms with Crippen LogP contribution in [0.25, 0.3) is 0 Å². The molecule has 0 heterocycles. The van der Waals surface area contributed by atoms with Gasteiger partial charge in [0.05, 0.1) is 0 Å². The van der Waals surface area contributed by atoms with Crippen LogP contribution in [0.4, 0.5) is 0 Å². The smallest absolute Gasteiger partial charge is 0.0277 e. The molecule has 0 aliphatic heterocycles. The third-order valence-corrected chi connectivity index (χ3v) is 4.19. The normalized spacial score (nSPS) is 12.4. The number of thioether (sulfide) groups is 1. The van der Waals surface area contributed by atoms with Crippen LogP contribution in [0, 0.1) is 6.92 Å². The van der Waals surface area contributed by atoms with Gasteiger partial charge in [-0.1, -0.05) is 42.5 Å². The maximum atomic E-state index is 6.00. The molecule has 1 nitrogen and oxygen atoms in total. The zero-order valence-corrected chi connectivity index (χ0v) is 11.7. The average Bonchev–Trinajstić information content (AvgIpc) is 2.38. The van der Waals surface area contributed by atoms with Crippen molar-refractivity contribution >= 4 is 11.8 Å². The number of aryl methyl sites for hydroxylation is 1. The van der Waals surface area contributed by atoms with Gasteiger partial charge < -0.3 is 5.73 Å². The molecule has 0 radical (unpaired) electrons. The van der Waals surface area contributed by atoms with Gasteiger partial charge in [-0.05, 0) is 36.6 Å². The van der Waals surface area contributed by atoms with Crippen molar-refractivity contribution in [2.24, 2.45) is 5.73 Å². The van der Waals surface area contributed by atoms with Crippen molar-refractivity contribution < 1.29 is 0 Å². The van der Waals surface area contributed by atoms with E-state index in [0.717, 1.165) is 5.75 Å². The van der Waals surface area contributed by atoms with Crippen LogP contribution < -0.4 is 5.73 Å². The van der Waals surface area contributed by atoms with Gasteiger partial charge in [0.25, 0.3) is 0 Å². The average molecular weight is 257 g/mol. The maximum absolute atomic E-state index is 6.00. The molecular formula is C16H19NS. The number of benzene rings is 2. The van der Waals surface area contributed by atoms with Gasteiger partial charge in [-0.2, -0.15) is 0 Å². The van der Waals surface area contributed by atoms with Gasteiger partial charge in [0.2, 0.25) is 0 Å². The fourth-order valence-electron chi connectivity index (χ4n) is 1.92. The van der Waals surface area contributed by atoms with Gasteiger partial charge in [-0.15, -0.1) is 11.8 Å². The Bertz CT molecular complexity index is 520. The van der Waals surface area contributed by atoms with E-state index in [9.17, 15) is 0 Å². The molecule has 0 amide bonds. The minimum Gasteiger partial charge on any atom is -0.324 e. The first kappa shape index (κ1) is 13.2. The van der Waals surface area contributed by atoms with E-state index in [4.69, 9.17) is 5.73 Å². The van der Waals surface area contributed by atoms with Crippen LogP contribution in [0.1, 0.15) is 29.7 Å². The largest absolute Gasteiger partial charge is 0.324 e. The second kappa shape index (κ2) is 6.07. The summed E-state index contributed by atoms with van der Waals surface area (Å²) < 4.78 is 0. The molecule has 0 spiro atoms. The topological polar surface area (TPSA) is 26.0 Å². The molecule has 0 fully saturated rings. The van der Waals surface area contributed by atoms with Crippen molar-refractivity contribution in [3.05, 3.63) is 65.2 Å². The molecule has 2 aromatic rings. The van der Waals surface area contributed by atoms with Crippen molar-refractivity contribution in [2.75, 3.05) is 0 Å². The molecular weight excluding hydrogens is 238 g/mol. The second-order valence-electron chi connectivity index (χ2n) is 4.54. The summed E-state index contributed by atoms with van der Waals surface area (Å²) >= 11 is 1.86. The van der Waals surface area contributed by atoms with Crippen molar-refractivity contribution in [1.82, 2.24) is 0 Å². The SMILES string of the molecule is Cc1ccccc1CSc1ccccc1[C@H](C)N. The van der Waals surface area contributed by atoms with E-state index < -0.39 is 0 Å². The first-order valence-electron chi connectivity index (χ1n) is 6.20. The van der Waals surface area contributed by atoms with Crippen molar-refractivity contribution in [1.29, 1.82) is 0 Å². The van der Waals surface area contributed by atoms with Crippen molar-refractivity contribution in [3.8, 4) is 0 Å². The number of rotatable bonds is 4. The summed E-state index contributed by atoms with van der Waals surface area (Å²) in [5.41, 5.74) is 9.97. The van der Waals surface area contributed by atoms with E-state index in [1.807, 2.05) is 18.7 Å². The molecule has 0 saturated heterocycles. The molecule has 0 bridgehead atoms. The summed E-state index contributed by atoms with van der Waals surface area (Å²) in [5, 5.41) is 0. The standard InChI is InChI=1S/C16H19NS/c1-12-7-3-4-8-14(12)11-18-16-10-6-5-9-15(16)13(2)17/h3-10,13H,11,17H2,1-2H3/t13-/m0/s1. The monoisotopic (exact) mass is 257 g/mol. The molecule has 1 atom stereocenters. The summed E-state index contributed by atoms with van der Waals surface area (Å²) in [6.07, 6.45) is 0. The van der Waals surface area contributed by atoms with E-state index in [-0.39, 0.29) is 6.04 Å². The molecule has 2 heteroatoms. The van der Waals surface area contributed by atoms with Crippen molar-refractivity contribution in [2.45, 2.75) is 30.5 Å². The van der Waals surface area contributed by atoms with E-state index >= 15 is 0 Å². The Hall–Kier alpha value is -1.25. The fourth-order valence-corrected chi connectivity index (χ4v) is 3.15. The minimum atomic E-state index is 0.0885. The Morgan fingerprint density at radius 3 is 2.44 bits per heavy atom. The second-order valence-corrected chi connectivity index (χ2v) is 5.56. The number of hydrogen-bond acceptors (Lipinski definition) is 2. The lowest BCUT2D eigenvalue weighted by atomic mass is 10.1. The summed E-state index contributed by atoms with van der Waals surface area (Å²) in [4.78, 5) is 1.29. The van der Waals surface area contributed by atoms with Crippen LogP contribution in [-0.2, 0) is 5.75 Å². The number of hydrogen-bond donors (Lipinski definition) is 1. The van der Waals surface area contributed by atoms with Crippen LogP contribution in [0.15, 0.2) is 53.4 Å². The van der Waals surface area contributed by atoms with E-state index in [1.165, 1.54) is 21.6 Å². The van der Waals surface area contributed by atoms with Crippen LogP contribution >= 0.6 is 11.8 Å². The molecule has 18 heavy (non-hydrogen) atoms. The Kier molecular flexibility index (Phi) is 4.45. The molecule has 0 aromatic heterocycles. The summed E-state index contributed by atoms with van der Waals surface area (Å²) in [6.45, 7) is 4.19. The van der Waals surface area contributed by atoms with Gasteiger partial charge >= 0.3 is 0 Å². The van der Waals surface area contributed by atoms with Crippen LogP contribution in [0.5, 0.6) is 0 Å². The highest BCUT2D eigenvalue weighted by molar-refractivity contribution is 7.98. The first-order valence-corrected chi connectivity index (χ1v) is 7.19. The molecule has 0 aliphatic rings. The summed E-state index contributed by atoms with van der Waals surface area (Å²) in [7, 11) is 0. The Balaban J connectivity index is 2.14. The van der Waals surface area contributed by atoms with Crippen molar-refractivity contribution in [3.63, 3.8) is 0 Å². The molecule has 2 aromatic carbocycles. The fraction of sp³-hybridized carbons (Fsp3) is 0.250. The Labute approximate surface area is 113 Å². The highest BCUT2D eigenvalue weighted by Gasteiger charge is 2.07. The number of nitrogens with two attached hydrogens (primary N) is 1. The lowest BCUT2D eigenvalue weighted by Gasteiger charge is -2.12.